The predicted molar refractivity (Wildman–Crippen MR) is 64.1 cm³/mol. The number of nitrogen functional groups attached to an aromatic ring is 1. The molecular formula is C12H13N3O2. The average Bonchev–Trinajstić information content (AvgIpc) is 2.74. The zero-order valence-corrected chi connectivity index (χ0v) is 9.68. The van der Waals surface area contributed by atoms with E-state index in [4.69, 9.17) is 10.5 Å². The van der Waals surface area contributed by atoms with Crippen LogP contribution in [0.4, 0.5) is 5.69 Å². The fourth-order valence-electron chi connectivity index (χ4n) is 1.58. The Morgan fingerprint density at radius 3 is 2.76 bits per heavy atom. The van der Waals surface area contributed by atoms with Gasteiger partial charge in [-0.05, 0) is 31.2 Å². The number of aryl methyl sites for hydroxylation is 1. The first-order chi connectivity index (χ1) is 8.11. The van der Waals surface area contributed by atoms with E-state index in [1.807, 2.05) is 13.0 Å². The highest BCUT2D eigenvalue weighted by molar-refractivity contribution is 5.94. The van der Waals surface area contributed by atoms with Gasteiger partial charge in [0.25, 0.3) is 0 Å². The van der Waals surface area contributed by atoms with Crippen molar-refractivity contribution in [1.29, 1.82) is 0 Å². The van der Waals surface area contributed by atoms with Crippen molar-refractivity contribution in [3.63, 3.8) is 0 Å². The molecule has 0 aliphatic heterocycles. The van der Waals surface area contributed by atoms with Crippen LogP contribution in [0.25, 0.3) is 5.69 Å². The van der Waals surface area contributed by atoms with Crippen molar-refractivity contribution in [3.05, 3.63) is 41.7 Å². The standard InChI is InChI=1S/C12H13N3O2/c1-8-5-6-15(14-8)11-4-3-9(13)7-10(11)12(16)17-2/h3-7H,13H2,1-2H3. The molecule has 0 amide bonds. The third-order valence-corrected chi connectivity index (χ3v) is 2.40. The molecule has 0 aliphatic carbocycles. The number of carbonyl (C=O) groups excluding carboxylic acids is 1. The molecule has 0 spiro atoms. The Balaban J connectivity index is 2.57. The number of hydrogen-bond donors (Lipinski definition) is 1. The van der Waals surface area contributed by atoms with E-state index >= 15 is 0 Å². The summed E-state index contributed by atoms with van der Waals surface area (Å²) in [5.74, 6) is -0.430. The van der Waals surface area contributed by atoms with Gasteiger partial charge in [0, 0.05) is 11.9 Å². The Labute approximate surface area is 98.8 Å². The number of rotatable bonds is 2. The summed E-state index contributed by atoms with van der Waals surface area (Å²) in [6, 6.07) is 6.91. The monoisotopic (exact) mass is 231 g/mol. The van der Waals surface area contributed by atoms with E-state index in [2.05, 4.69) is 5.10 Å². The second-order valence-electron chi connectivity index (χ2n) is 3.67. The molecule has 2 N–H and O–H groups in total. The molecular weight excluding hydrogens is 218 g/mol. The quantitative estimate of drug-likeness (QED) is 0.628. The highest BCUT2D eigenvalue weighted by Crippen LogP contribution is 2.18. The minimum absolute atomic E-state index is 0.399. The lowest BCUT2D eigenvalue weighted by atomic mass is 10.1. The molecule has 2 rings (SSSR count). The molecule has 88 valence electrons. The van der Waals surface area contributed by atoms with Crippen LogP contribution in [-0.4, -0.2) is 22.9 Å². The second-order valence-corrected chi connectivity index (χ2v) is 3.67. The van der Waals surface area contributed by atoms with Crippen molar-refractivity contribution < 1.29 is 9.53 Å². The number of benzene rings is 1. The highest BCUT2D eigenvalue weighted by Gasteiger charge is 2.14. The molecule has 0 fully saturated rings. The van der Waals surface area contributed by atoms with Gasteiger partial charge in [0.2, 0.25) is 0 Å². The van der Waals surface area contributed by atoms with Gasteiger partial charge in [-0.15, -0.1) is 0 Å². The van der Waals surface area contributed by atoms with Crippen molar-refractivity contribution in [2.24, 2.45) is 0 Å². The number of anilines is 1. The van der Waals surface area contributed by atoms with Crippen LogP contribution in [0, 0.1) is 6.92 Å². The number of aromatic nitrogens is 2. The first kappa shape index (κ1) is 11.2. The number of nitrogens with zero attached hydrogens (tertiary/aromatic N) is 2. The van der Waals surface area contributed by atoms with Gasteiger partial charge in [-0.2, -0.15) is 5.10 Å². The van der Waals surface area contributed by atoms with Gasteiger partial charge in [0.05, 0.1) is 24.1 Å². The molecule has 5 nitrogen and oxygen atoms in total. The zero-order valence-electron chi connectivity index (χ0n) is 9.68. The van der Waals surface area contributed by atoms with E-state index in [1.165, 1.54) is 7.11 Å². The van der Waals surface area contributed by atoms with Crippen molar-refractivity contribution in [2.45, 2.75) is 6.92 Å². The topological polar surface area (TPSA) is 70.1 Å². The number of hydrogen-bond acceptors (Lipinski definition) is 4. The molecule has 1 aromatic carbocycles. The molecule has 0 aliphatic rings. The molecule has 1 heterocycles. The molecule has 17 heavy (non-hydrogen) atoms. The van der Waals surface area contributed by atoms with Crippen molar-refractivity contribution in [1.82, 2.24) is 9.78 Å². The molecule has 0 radical (unpaired) electrons. The summed E-state index contributed by atoms with van der Waals surface area (Å²) in [5, 5.41) is 4.26. The third kappa shape index (κ3) is 2.13. The maximum Gasteiger partial charge on any atom is 0.340 e. The summed E-state index contributed by atoms with van der Waals surface area (Å²) in [7, 11) is 1.34. The smallest absolute Gasteiger partial charge is 0.340 e. The molecule has 0 unspecified atom stereocenters. The lowest BCUT2D eigenvalue weighted by Gasteiger charge is -2.08. The number of ether oxygens (including phenoxy) is 1. The summed E-state index contributed by atoms with van der Waals surface area (Å²) in [6.45, 7) is 1.88. The van der Waals surface area contributed by atoms with Crippen molar-refractivity contribution in [3.8, 4) is 5.69 Å². The molecule has 2 aromatic rings. The largest absolute Gasteiger partial charge is 0.465 e. The minimum Gasteiger partial charge on any atom is -0.465 e. The Morgan fingerprint density at radius 2 is 2.18 bits per heavy atom. The molecule has 5 heteroatoms. The van der Waals surface area contributed by atoms with Crippen LogP contribution in [0.15, 0.2) is 30.5 Å². The summed E-state index contributed by atoms with van der Waals surface area (Å²) in [5.41, 5.74) is 8.10. The van der Waals surface area contributed by atoms with Crippen LogP contribution < -0.4 is 5.73 Å². The molecule has 0 saturated carbocycles. The van der Waals surface area contributed by atoms with E-state index in [1.54, 1.807) is 29.1 Å². The van der Waals surface area contributed by atoms with Gasteiger partial charge in [0.1, 0.15) is 0 Å². The first-order valence-corrected chi connectivity index (χ1v) is 5.12. The molecule has 0 saturated heterocycles. The normalized spacial score (nSPS) is 10.2. The molecule has 0 bridgehead atoms. The average molecular weight is 231 g/mol. The number of esters is 1. The second kappa shape index (κ2) is 4.29. The van der Waals surface area contributed by atoms with E-state index in [9.17, 15) is 4.79 Å². The maximum absolute atomic E-state index is 11.6. The maximum atomic E-state index is 11.6. The van der Waals surface area contributed by atoms with Crippen molar-refractivity contribution >= 4 is 11.7 Å². The van der Waals surface area contributed by atoms with Gasteiger partial charge in [-0.25, -0.2) is 9.48 Å². The van der Waals surface area contributed by atoms with Crippen LogP contribution in [0.3, 0.4) is 0 Å². The fourth-order valence-corrected chi connectivity index (χ4v) is 1.58. The molecule has 0 atom stereocenters. The van der Waals surface area contributed by atoms with Crippen LogP contribution >= 0.6 is 0 Å². The summed E-state index contributed by atoms with van der Waals surface area (Å²) in [6.07, 6.45) is 1.79. The molecule has 1 aromatic heterocycles. The van der Waals surface area contributed by atoms with Crippen molar-refractivity contribution in [2.75, 3.05) is 12.8 Å². The predicted octanol–water partition coefficient (Wildman–Crippen LogP) is 1.55. The lowest BCUT2D eigenvalue weighted by molar-refractivity contribution is 0.0600. The Bertz CT molecular complexity index is 561. The summed E-state index contributed by atoms with van der Waals surface area (Å²) in [4.78, 5) is 11.6. The third-order valence-electron chi connectivity index (χ3n) is 2.40. The summed E-state index contributed by atoms with van der Waals surface area (Å²) < 4.78 is 6.35. The Kier molecular flexibility index (Phi) is 2.82. The Morgan fingerprint density at radius 1 is 1.41 bits per heavy atom. The van der Waals surface area contributed by atoms with Gasteiger partial charge in [0.15, 0.2) is 0 Å². The van der Waals surface area contributed by atoms with E-state index < -0.39 is 5.97 Å². The van der Waals surface area contributed by atoms with Gasteiger partial charge >= 0.3 is 5.97 Å². The van der Waals surface area contributed by atoms with Crippen LogP contribution in [0.1, 0.15) is 16.1 Å². The zero-order chi connectivity index (χ0) is 12.4. The first-order valence-electron chi connectivity index (χ1n) is 5.12. The lowest BCUT2D eigenvalue weighted by Crippen LogP contribution is -2.09. The Hall–Kier alpha value is -2.30. The number of methoxy groups -OCH3 is 1. The number of nitrogens with two attached hydrogens (primary N) is 1. The van der Waals surface area contributed by atoms with Crippen LogP contribution in [-0.2, 0) is 4.74 Å². The SMILES string of the molecule is COC(=O)c1cc(N)ccc1-n1ccc(C)n1. The van der Waals surface area contributed by atoms with Gasteiger partial charge < -0.3 is 10.5 Å². The van der Waals surface area contributed by atoms with Crippen LogP contribution in [0.2, 0.25) is 0 Å². The highest BCUT2D eigenvalue weighted by atomic mass is 16.5. The van der Waals surface area contributed by atoms with Gasteiger partial charge in [-0.1, -0.05) is 0 Å². The fraction of sp³-hybridized carbons (Fsp3) is 0.167. The van der Waals surface area contributed by atoms with E-state index in [0.717, 1.165) is 5.69 Å². The number of carbonyl (C=O) groups is 1. The summed E-state index contributed by atoms with van der Waals surface area (Å²) >= 11 is 0. The van der Waals surface area contributed by atoms with E-state index in [0.29, 0.717) is 16.9 Å². The van der Waals surface area contributed by atoms with Crippen LogP contribution in [0.5, 0.6) is 0 Å². The van der Waals surface area contributed by atoms with E-state index in [-0.39, 0.29) is 0 Å². The minimum atomic E-state index is -0.430. The van der Waals surface area contributed by atoms with Gasteiger partial charge in [-0.3, -0.25) is 0 Å².